The third-order valence-electron chi connectivity index (χ3n) is 3.47. The van der Waals surface area contributed by atoms with Gasteiger partial charge in [-0.3, -0.25) is 4.79 Å². The lowest BCUT2D eigenvalue weighted by Crippen LogP contribution is -2.57. The van der Waals surface area contributed by atoms with E-state index in [0.717, 1.165) is 0 Å². The number of hydrogen-bond donors (Lipinski definition) is 5. The van der Waals surface area contributed by atoms with Crippen LogP contribution < -0.4 is 0 Å². The molecule has 1 aliphatic rings. The molecule has 7 atom stereocenters. The summed E-state index contributed by atoms with van der Waals surface area (Å²) < 4.78 is 5.27. The number of carbonyl (C=O) groups is 1. The van der Waals surface area contributed by atoms with Gasteiger partial charge in [0.05, 0.1) is 18.3 Å². The van der Waals surface area contributed by atoms with Crippen LogP contribution in [0.15, 0.2) is 0 Å². The van der Waals surface area contributed by atoms with Crippen LogP contribution in [0.2, 0.25) is 0 Å². The van der Waals surface area contributed by atoms with E-state index < -0.39 is 48.5 Å². The van der Waals surface area contributed by atoms with Crippen LogP contribution in [-0.2, 0) is 9.53 Å². The average Bonchev–Trinajstić information content (AvgIpc) is 2.40. The van der Waals surface area contributed by atoms with E-state index in [4.69, 9.17) is 4.74 Å². The number of aliphatic hydroxyl groups is 5. The summed E-state index contributed by atoms with van der Waals surface area (Å²) in [5.41, 5.74) is 0. The highest BCUT2D eigenvalue weighted by atomic mass is 16.5. The largest absolute Gasteiger partial charge is 0.390 e. The molecule has 1 aliphatic heterocycles. The number of aliphatic hydroxyl groups excluding tert-OH is 5. The van der Waals surface area contributed by atoms with Crippen LogP contribution in [-0.4, -0.2) is 74.0 Å². The maximum atomic E-state index is 11.3. The van der Waals surface area contributed by atoms with Crippen molar-refractivity contribution >= 4 is 5.78 Å². The molecule has 112 valence electrons. The summed E-state index contributed by atoms with van der Waals surface area (Å²) in [6, 6.07) is 0. The molecule has 0 radical (unpaired) electrons. The molecule has 0 spiro atoms. The molecule has 0 aromatic rings. The molecule has 0 aromatic heterocycles. The maximum absolute atomic E-state index is 11.3. The second kappa shape index (κ2) is 6.74. The minimum absolute atomic E-state index is 0.0873. The Morgan fingerprint density at radius 1 is 1.16 bits per heavy atom. The van der Waals surface area contributed by atoms with Crippen LogP contribution >= 0.6 is 0 Å². The highest BCUT2D eigenvalue weighted by Gasteiger charge is 2.43. The van der Waals surface area contributed by atoms with Crippen LogP contribution in [0.5, 0.6) is 0 Å². The fraction of sp³-hybridized carbons (Fsp3) is 0.917. The monoisotopic (exact) mass is 278 g/mol. The van der Waals surface area contributed by atoms with Crippen molar-refractivity contribution in [2.45, 2.75) is 69.4 Å². The van der Waals surface area contributed by atoms with Gasteiger partial charge in [-0.1, -0.05) is 6.92 Å². The SMILES string of the molecule is CCC(=O)[C@@H](O)[C@@H](O)C[C@H]1O[C@@H](C)[C@@H](O)C(O)C1O. The number of rotatable bonds is 5. The Balaban J connectivity index is 2.63. The molecule has 19 heavy (non-hydrogen) atoms. The van der Waals surface area contributed by atoms with Gasteiger partial charge in [-0.05, 0) is 6.92 Å². The summed E-state index contributed by atoms with van der Waals surface area (Å²) in [6.45, 7) is 3.08. The quantitative estimate of drug-likeness (QED) is 0.391. The zero-order valence-electron chi connectivity index (χ0n) is 11.0. The van der Waals surface area contributed by atoms with Crippen LogP contribution in [0.25, 0.3) is 0 Å². The number of Topliss-reactive ketones (excluding diaryl/α,β-unsaturated/α-hetero) is 1. The van der Waals surface area contributed by atoms with Crippen molar-refractivity contribution in [3.05, 3.63) is 0 Å². The van der Waals surface area contributed by atoms with Gasteiger partial charge in [-0.15, -0.1) is 0 Å². The van der Waals surface area contributed by atoms with E-state index in [1.807, 2.05) is 0 Å². The lowest BCUT2D eigenvalue weighted by Gasteiger charge is -2.40. The van der Waals surface area contributed by atoms with Crippen molar-refractivity contribution in [3.63, 3.8) is 0 Å². The molecule has 0 amide bonds. The van der Waals surface area contributed by atoms with E-state index in [2.05, 4.69) is 0 Å². The molecule has 7 nitrogen and oxygen atoms in total. The maximum Gasteiger partial charge on any atom is 0.163 e. The molecular weight excluding hydrogens is 256 g/mol. The first-order chi connectivity index (χ1) is 8.79. The van der Waals surface area contributed by atoms with Gasteiger partial charge in [-0.25, -0.2) is 0 Å². The summed E-state index contributed by atoms with van der Waals surface area (Å²) in [6.07, 6.45) is -8.71. The van der Waals surface area contributed by atoms with Gasteiger partial charge in [0.1, 0.15) is 24.4 Å². The summed E-state index contributed by atoms with van der Waals surface area (Å²) in [7, 11) is 0. The van der Waals surface area contributed by atoms with E-state index >= 15 is 0 Å². The standard InChI is InChI=1S/C12H22O7/c1-3-6(13)10(16)7(14)4-8-11(17)12(18)9(15)5(2)19-8/h5,7-12,14-18H,3-4H2,1-2H3/t5-,7-,8+,9+,10+,11?,12?/m0/s1. The predicted molar refractivity (Wildman–Crippen MR) is 64.3 cm³/mol. The molecule has 5 N–H and O–H groups in total. The van der Waals surface area contributed by atoms with Gasteiger partial charge in [0.2, 0.25) is 0 Å². The van der Waals surface area contributed by atoms with Crippen LogP contribution in [0.3, 0.4) is 0 Å². The number of ketones is 1. The first-order valence-corrected chi connectivity index (χ1v) is 6.38. The molecule has 2 unspecified atom stereocenters. The summed E-state index contributed by atoms with van der Waals surface area (Å²) >= 11 is 0. The van der Waals surface area contributed by atoms with Gasteiger partial charge >= 0.3 is 0 Å². The third kappa shape index (κ3) is 3.71. The number of ether oxygens (including phenoxy) is 1. The van der Waals surface area contributed by atoms with E-state index in [1.54, 1.807) is 6.92 Å². The zero-order valence-corrected chi connectivity index (χ0v) is 11.0. The number of carbonyl (C=O) groups excluding carboxylic acids is 1. The smallest absolute Gasteiger partial charge is 0.163 e. The van der Waals surface area contributed by atoms with Gasteiger partial charge in [0.25, 0.3) is 0 Å². The molecule has 1 fully saturated rings. The molecule has 1 rings (SSSR count). The molecule has 1 heterocycles. The topological polar surface area (TPSA) is 127 Å². The first kappa shape index (κ1) is 16.5. The Morgan fingerprint density at radius 3 is 2.26 bits per heavy atom. The minimum Gasteiger partial charge on any atom is -0.390 e. The Morgan fingerprint density at radius 2 is 1.74 bits per heavy atom. The van der Waals surface area contributed by atoms with Crippen LogP contribution in [0.1, 0.15) is 26.7 Å². The highest BCUT2D eigenvalue weighted by Crippen LogP contribution is 2.24. The van der Waals surface area contributed by atoms with Crippen LogP contribution in [0, 0.1) is 0 Å². The van der Waals surface area contributed by atoms with E-state index in [0.29, 0.717) is 0 Å². The van der Waals surface area contributed by atoms with Gasteiger partial charge in [-0.2, -0.15) is 0 Å². The van der Waals surface area contributed by atoms with E-state index in [-0.39, 0.29) is 12.8 Å². The van der Waals surface area contributed by atoms with Gasteiger partial charge in [0.15, 0.2) is 5.78 Å². The van der Waals surface area contributed by atoms with Crippen molar-refractivity contribution in [1.29, 1.82) is 0 Å². The fourth-order valence-corrected chi connectivity index (χ4v) is 2.12. The fourth-order valence-electron chi connectivity index (χ4n) is 2.12. The van der Waals surface area contributed by atoms with Crippen molar-refractivity contribution < 1.29 is 35.1 Å². The molecule has 0 saturated carbocycles. The zero-order chi connectivity index (χ0) is 14.7. The Hall–Kier alpha value is -0.570. The van der Waals surface area contributed by atoms with Crippen molar-refractivity contribution in [1.82, 2.24) is 0 Å². The summed E-state index contributed by atoms with van der Waals surface area (Å²) in [5, 5.41) is 48.1. The van der Waals surface area contributed by atoms with Crippen molar-refractivity contribution in [2.75, 3.05) is 0 Å². The minimum atomic E-state index is -1.54. The van der Waals surface area contributed by atoms with Gasteiger partial charge in [0, 0.05) is 12.8 Å². The Kier molecular flexibility index (Phi) is 5.84. The second-order valence-corrected chi connectivity index (χ2v) is 4.92. The average molecular weight is 278 g/mol. The van der Waals surface area contributed by atoms with E-state index in [1.165, 1.54) is 6.92 Å². The Bertz CT molecular complexity index is 308. The summed E-state index contributed by atoms with van der Waals surface area (Å²) in [4.78, 5) is 11.3. The van der Waals surface area contributed by atoms with E-state index in [9.17, 15) is 30.3 Å². The number of hydrogen-bond acceptors (Lipinski definition) is 7. The second-order valence-electron chi connectivity index (χ2n) is 4.92. The molecule has 7 heteroatoms. The van der Waals surface area contributed by atoms with Gasteiger partial charge < -0.3 is 30.3 Å². The molecule has 0 bridgehead atoms. The molecule has 0 aliphatic carbocycles. The molecular formula is C12H22O7. The summed E-state index contributed by atoms with van der Waals surface area (Å²) in [5.74, 6) is -0.508. The van der Waals surface area contributed by atoms with Crippen molar-refractivity contribution in [2.24, 2.45) is 0 Å². The van der Waals surface area contributed by atoms with Crippen LogP contribution in [0.4, 0.5) is 0 Å². The first-order valence-electron chi connectivity index (χ1n) is 6.38. The molecule has 1 saturated heterocycles. The Labute approximate surface area is 111 Å². The molecule has 0 aromatic carbocycles. The lowest BCUT2D eigenvalue weighted by molar-refractivity contribution is -0.224. The lowest BCUT2D eigenvalue weighted by atomic mass is 9.91. The normalized spacial score (nSPS) is 38.8. The van der Waals surface area contributed by atoms with Crippen molar-refractivity contribution in [3.8, 4) is 0 Å². The highest BCUT2D eigenvalue weighted by molar-refractivity contribution is 5.83. The third-order valence-corrected chi connectivity index (χ3v) is 3.47. The predicted octanol–water partition coefficient (Wildman–Crippen LogP) is -2.05.